The Morgan fingerprint density at radius 1 is 1.17 bits per heavy atom. The number of aliphatic hydroxyl groups is 1. The predicted octanol–water partition coefficient (Wildman–Crippen LogP) is 3.92. The molecule has 1 aliphatic heterocycles. The number of likely N-dealkylation sites (tertiary alicyclic amines) is 1. The van der Waals surface area contributed by atoms with Crippen LogP contribution >= 0.6 is 0 Å². The number of anilines is 1. The third-order valence-corrected chi connectivity index (χ3v) is 7.76. The highest BCUT2D eigenvalue weighted by molar-refractivity contribution is 5.93. The third kappa shape index (κ3) is 5.23. The lowest BCUT2D eigenvalue weighted by Gasteiger charge is -2.45. The number of nitrogens with zero attached hydrogens (tertiary/aromatic N) is 4. The van der Waals surface area contributed by atoms with Crippen molar-refractivity contribution in [2.45, 2.75) is 82.9 Å². The minimum atomic E-state index is -4.49. The van der Waals surface area contributed by atoms with Crippen molar-refractivity contribution in [2.24, 2.45) is 5.92 Å². The summed E-state index contributed by atoms with van der Waals surface area (Å²) in [5, 5.41) is 13.9. The third-order valence-electron chi connectivity index (χ3n) is 7.76. The van der Waals surface area contributed by atoms with E-state index in [1.807, 2.05) is 4.90 Å². The molecule has 0 radical (unpaired) electrons. The second-order valence-electron chi connectivity index (χ2n) is 10.2. The van der Waals surface area contributed by atoms with Gasteiger partial charge >= 0.3 is 6.18 Å². The van der Waals surface area contributed by atoms with E-state index in [2.05, 4.69) is 41.1 Å². The predicted molar refractivity (Wildman–Crippen MR) is 128 cm³/mol. The zero-order valence-electron chi connectivity index (χ0n) is 20.6. The second kappa shape index (κ2) is 9.89. The van der Waals surface area contributed by atoms with Gasteiger partial charge in [-0.25, -0.2) is 9.97 Å². The fourth-order valence-electron chi connectivity index (χ4n) is 5.54. The zero-order valence-corrected chi connectivity index (χ0v) is 20.6. The van der Waals surface area contributed by atoms with Crippen LogP contribution in [0.2, 0.25) is 0 Å². The largest absolute Gasteiger partial charge is 0.416 e. The monoisotopic (exact) mass is 493 g/mol. The number of alkyl halides is 3. The first kappa shape index (κ1) is 25.6. The number of nitrogens with one attached hydrogen (secondary N) is 1. The van der Waals surface area contributed by atoms with Gasteiger partial charge in [0.1, 0.15) is 18.2 Å². The van der Waals surface area contributed by atoms with Crippen molar-refractivity contribution in [3.8, 4) is 0 Å². The first-order valence-corrected chi connectivity index (χ1v) is 12.3. The Hall–Kier alpha value is -2.46. The van der Waals surface area contributed by atoms with E-state index in [1.54, 1.807) is 6.92 Å². The molecule has 2 fully saturated rings. The lowest BCUT2D eigenvalue weighted by molar-refractivity contribution is -0.137. The van der Waals surface area contributed by atoms with Crippen LogP contribution in [0.1, 0.15) is 52.0 Å². The molecule has 2 unspecified atom stereocenters. The van der Waals surface area contributed by atoms with Gasteiger partial charge in [0.05, 0.1) is 17.2 Å². The molecule has 192 valence electrons. The molecule has 2 heterocycles. The summed E-state index contributed by atoms with van der Waals surface area (Å²) in [6, 6.07) is 3.42. The highest BCUT2D eigenvalue weighted by Crippen LogP contribution is 2.37. The Bertz CT molecular complexity index is 1060. The number of aromatic nitrogens is 2. The summed E-state index contributed by atoms with van der Waals surface area (Å²) in [6.07, 6.45) is -0.667. The van der Waals surface area contributed by atoms with Crippen molar-refractivity contribution >= 4 is 22.6 Å². The van der Waals surface area contributed by atoms with Crippen molar-refractivity contribution < 1.29 is 23.1 Å². The standard InChI is InChI=1S/C25H34F3N5O2/c1-14(2)32(4)17-6-8-22(18(12-17)15(3)34)33-10-9-21(24(33)35)31-23-19-11-16(25(26,27)28)5-7-20(19)29-13-30-23/h5,7,11,13-15,17-18,21-22,34H,6,8-10,12H2,1-4H3,(H,29,30,31)/t15?,17-,18+,21?,22+/m1/s1. The number of amides is 1. The van der Waals surface area contributed by atoms with Crippen molar-refractivity contribution in [1.29, 1.82) is 0 Å². The molecule has 1 aliphatic carbocycles. The maximum absolute atomic E-state index is 13.4. The average molecular weight is 494 g/mol. The van der Waals surface area contributed by atoms with Crippen LogP contribution < -0.4 is 5.32 Å². The van der Waals surface area contributed by atoms with Gasteiger partial charge in [-0.15, -0.1) is 0 Å². The molecule has 5 atom stereocenters. The molecule has 2 aromatic rings. The van der Waals surface area contributed by atoms with Crippen molar-refractivity contribution in [1.82, 2.24) is 19.8 Å². The van der Waals surface area contributed by atoms with Crippen molar-refractivity contribution in [3.63, 3.8) is 0 Å². The number of carbonyl (C=O) groups excluding carboxylic acids is 1. The Labute approximate surface area is 203 Å². The van der Waals surface area contributed by atoms with Crippen LogP contribution in [0.4, 0.5) is 19.0 Å². The highest BCUT2D eigenvalue weighted by atomic mass is 19.4. The Balaban J connectivity index is 1.52. The lowest BCUT2D eigenvalue weighted by atomic mass is 9.77. The van der Waals surface area contributed by atoms with Crippen LogP contribution in [0.3, 0.4) is 0 Å². The molecular formula is C25H34F3N5O2. The van der Waals surface area contributed by atoms with Crippen molar-refractivity contribution in [3.05, 3.63) is 30.1 Å². The minimum absolute atomic E-state index is 0.0353. The maximum Gasteiger partial charge on any atom is 0.416 e. The molecule has 2 aliphatic rings. The summed E-state index contributed by atoms with van der Waals surface area (Å²) in [4.78, 5) is 25.8. The molecule has 1 saturated carbocycles. The summed E-state index contributed by atoms with van der Waals surface area (Å²) in [6.45, 7) is 6.62. The number of fused-ring (bicyclic) bond motifs is 1. The highest BCUT2D eigenvalue weighted by Gasteiger charge is 2.44. The first-order valence-electron chi connectivity index (χ1n) is 12.3. The SMILES string of the molecule is CC(O)[C@@H]1C[C@H](N(C)C(C)C)CC[C@@H]1N1CCC(Nc2ncnc3ccc(C(F)(F)F)cc23)C1=O. The Kier molecular flexibility index (Phi) is 7.24. The number of benzene rings is 1. The van der Waals surface area contributed by atoms with Crippen LogP contribution in [0.5, 0.6) is 0 Å². The van der Waals surface area contributed by atoms with Crippen LogP contribution in [0.25, 0.3) is 10.9 Å². The van der Waals surface area contributed by atoms with E-state index in [4.69, 9.17) is 0 Å². The summed E-state index contributed by atoms with van der Waals surface area (Å²) >= 11 is 0. The van der Waals surface area contributed by atoms with E-state index in [0.717, 1.165) is 31.4 Å². The van der Waals surface area contributed by atoms with E-state index in [-0.39, 0.29) is 29.1 Å². The molecule has 1 amide bonds. The van der Waals surface area contributed by atoms with Gasteiger partial charge in [0.2, 0.25) is 5.91 Å². The summed E-state index contributed by atoms with van der Waals surface area (Å²) in [7, 11) is 2.10. The topological polar surface area (TPSA) is 81.6 Å². The fourth-order valence-corrected chi connectivity index (χ4v) is 5.54. The minimum Gasteiger partial charge on any atom is -0.393 e. The molecule has 1 aromatic heterocycles. The smallest absolute Gasteiger partial charge is 0.393 e. The first-order chi connectivity index (χ1) is 16.5. The number of rotatable bonds is 6. The van der Waals surface area contributed by atoms with E-state index in [0.29, 0.717) is 30.6 Å². The van der Waals surface area contributed by atoms with Gasteiger partial charge in [0.15, 0.2) is 0 Å². The summed E-state index contributed by atoms with van der Waals surface area (Å²) < 4.78 is 39.7. The molecular weight excluding hydrogens is 459 g/mol. The second-order valence-corrected chi connectivity index (χ2v) is 10.2. The van der Waals surface area contributed by atoms with Gasteiger partial charge in [0, 0.05) is 36.0 Å². The molecule has 10 heteroatoms. The Morgan fingerprint density at radius 3 is 2.57 bits per heavy atom. The van der Waals surface area contributed by atoms with Crippen LogP contribution in [-0.4, -0.2) is 74.6 Å². The van der Waals surface area contributed by atoms with Gasteiger partial charge in [-0.3, -0.25) is 4.79 Å². The number of aliphatic hydroxyl groups excluding tert-OH is 1. The van der Waals surface area contributed by atoms with Gasteiger partial charge in [0.25, 0.3) is 0 Å². The van der Waals surface area contributed by atoms with E-state index >= 15 is 0 Å². The molecule has 1 saturated heterocycles. The number of hydrogen-bond donors (Lipinski definition) is 2. The van der Waals surface area contributed by atoms with Crippen molar-refractivity contribution in [2.75, 3.05) is 18.9 Å². The number of halogens is 3. The Morgan fingerprint density at radius 2 is 1.91 bits per heavy atom. The summed E-state index contributed by atoms with van der Waals surface area (Å²) in [5.74, 6) is 0.0811. The van der Waals surface area contributed by atoms with Crippen LogP contribution in [0, 0.1) is 5.92 Å². The molecule has 1 aromatic carbocycles. The molecule has 2 N–H and O–H groups in total. The number of hydrogen-bond acceptors (Lipinski definition) is 6. The molecule has 4 rings (SSSR count). The van der Waals surface area contributed by atoms with Gasteiger partial charge in [-0.05, 0) is 71.7 Å². The number of carbonyl (C=O) groups is 1. The van der Waals surface area contributed by atoms with Gasteiger partial charge in [-0.1, -0.05) is 0 Å². The maximum atomic E-state index is 13.4. The van der Waals surface area contributed by atoms with Gasteiger partial charge < -0.3 is 20.2 Å². The van der Waals surface area contributed by atoms with E-state index in [9.17, 15) is 23.1 Å². The lowest BCUT2D eigenvalue weighted by Crippen LogP contribution is -2.53. The molecule has 0 spiro atoms. The van der Waals surface area contributed by atoms with Gasteiger partial charge in [-0.2, -0.15) is 13.2 Å². The zero-order chi connectivity index (χ0) is 25.5. The van der Waals surface area contributed by atoms with Crippen LogP contribution in [-0.2, 0) is 11.0 Å². The normalized spacial score (nSPS) is 26.7. The quantitative estimate of drug-likeness (QED) is 0.635. The fraction of sp³-hybridized carbons (Fsp3) is 0.640. The molecule has 0 bridgehead atoms. The average Bonchev–Trinajstić information content (AvgIpc) is 3.17. The van der Waals surface area contributed by atoms with E-state index in [1.165, 1.54) is 12.4 Å². The summed E-state index contributed by atoms with van der Waals surface area (Å²) in [5.41, 5.74) is -0.412. The van der Waals surface area contributed by atoms with Crippen LogP contribution in [0.15, 0.2) is 24.5 Å². The molecule has 7 nitrogen and oxygen atoms in total. The van der Waals surface area contributed by atoms with E-state index < -0.39 is 23.9 Å². The molecule has 35 heavy (non-hydrogen) atoms.